The molecule has 0 saturated heterocycles. The lowest BCUT2D eigenvalue weighted by atomic mass is 10.2. The summed E-state index contributed by atoms with van der Waals surface area (Å²) in [5.74, 6) is 0.887. The number of aryl methyl sites for hydroxylation is 1. The summed E-state index contributed by atoms with van der Waals surface area (Å²) in [7, 11) is 0. The van der Waals surface area contributed by atoms with Crippen LogP contribution in [0.4, 0.5) is 11.5 Å². The van der Waals surface area contributed by atoms with Crippen molar-refractivity contribution in [3.63, 3.8) is 0 Å². The second kappa shape index (κ2) is 2.34. The minimum atomic E-state index is 0.781. The fourth-order valence-electron chi connectivity index (χ4n) is 1.07. The summed E-state index contributed by atoms with van der Waals surface area (Å²) in [4.78, 5) is 8.40. The number of pyridine rings is 1. The topological polar surface area (TPSA) is 37.3 Å². The molecule has 0 spiro atoms. The van der Waals surface area contributed by atoms with Crippen LogP contribution in [0.5, 0.6) is 0 Å². The van der Waals surface area contributed by atoms with E-state index < -0.39 is 0 Å². The van der Waals surface area contributed by atoms with Crippen LogP contribution < -0.4 is 5.32 Å². The molecule has 3 nitrogen and oxygen atoms in total. The van der Waals surface area contributed by atoms with Gasteiger partial charge in [-0.25, -0.2) is 4.98 Å². The SMILES string of the molecule is Cc1cnc2c(c1)N=CCN2. The van der Waals surface area contributed by atoms with E-state index in [9.17, 15) is 0 Å². The van der Waals surface area contributed by atoms with Crippen LogP contribution in [0.3, 0.4) is 0 Å². The van der Waals surface area contributed by atoms with Crippen LogP contribution in [0.1, 0.15) is 5.56 Å². The third-order valence-corrected chi connectivity index (χ3v) is 1.60. The molecule has 3 heteroatoms. The molecule has 0 saturated carbocycles. The van der Waals surface area contributed by atoms with Crippen molar-refractivity contribution < 1.29 is 0 Å². The van der Waals surface area contributed by atoms with Crippen molar-refractivity contribution in [3.8, 4) is 0 Å². The molecule has 0 bridgehead atoms. The lowest BCUT2D eigenvalue weighted by Gasteiger charge is -2.10. The molecule has 1 aromatic rings. The Morgan fingerprint density at radius 1 is 1.55 bits per heavy atom. The van der Waals surface area contributed by atoms with Gasteiger partial charge in [-0.2, -0.15) is 0 Å². The van der Waals surface area contributed by atoms with Gasteiger partial charge in [0.25, 0.3) is 0 Å². The summed E-state index contributed by atoms with van der Waals surface area (Å²) >= 11 is 0. The van der Waals surface area contributed by atoms with Gasteiger partial charge in [0.2, 0.25) is 0 Å². The number of nitrogens with zero attached hydrogens (tertiary/aromatic N) is 2. The fourth-order valence-corrected chi connectivity index (χ4v) is 1.07. The summed E-state index contributed by atoms with van der Waals surface area (Å²) in [6, 6.07) is 2.02. The second-order valence-corrected chi connectivity index (χ2v) is 2.57. The molecule has 0 aromatic carbocycles. The smallest absolute Gasteiger partial charge is 0.152 e. The molecule has 2 heterocycles. The Morgan fingerprint density at radius 3 is 3.36 bits per heavy atom. The van der Waals surface area contributed by atoms with Crippen LogP contribution in [-0.4, -0.2) is 17.7 Å². The number of rotatable bonds is 0. The van der Waals surface area contributed by atoms with E-state index in [0.29, 0.717) is 0 Å². The Labute approximate surface area is 65.2 Å². The van der Waals surface area contributed by atoms with Gasteiger partial charge in [-0.15, -0.1) is 0 Å². The molecule has 0 fully saturated rings. The van der Waals surface area contributed by atoms with Crippen LogP contribution in [0.25, 0.3) is 0 Å². The van der Waals surface area contributed by atoms with Gasteiger partial charge < -0.3 is 5.32 Å². The molecule has 0 atom stereocenters. The number of hydrogen-bond donors (Lipinski definition) is 1. The molecule has 11 heavy (non-hydrogen) atoms. The second-order valence-electron chi connectivity index (χ2n) is 2.57. The highest BCUT2D eigenvalue weighted by atomic mass is 15.0. The van der Waals surface area contributed by atoms with Crippen LogP contribution in [0, 0.1) is 6.92 Å². The zero-order valence-electron chi connectivity index (χ0n) is 6.33. The van der Waals surface area contributed by atoms with Gasteiger partial charge in [-0.1, -0.05) is 0 Å². The minimum Gasteiger partial charge on any atom is -0.363 e. The zero-order chi connectivity index (χ0) is 7.68. The Kier molecular flexibility index (Phi) is 1.35. The number of nitrogens with one attached hydrogen (secondary N) is 1. The highest BCUT2D eigenvalue weighted by Gasteiger charge is 2.04. The number of fused-ring (bicyclic) bond motifs is 1. The lowest BCUT2D eigenvalue weighted by Crippen LogP contribution is -2.08. The van der Waals surface area contributed by atoms with Crippen molar-refractivity contribution >= 4 is 17.7 Å². The first-order valence-electron chi connectivity index (χ1n) is 3.59. The minimum absolute atomic E-state index is 0.781. The van der Waals surface area contributed by atoms with Crippen LogP contribution in [0.15, 0.2) is 17.3 Å². The van der Waals surface area contributed by atoms with Crippen molar-refractivity contribution in [2.45, 2.75) is 6.92 Å². The van der Waals surface area contributed by atoms with Gasteiger partial charge in [0.05, 0.1) is 6.54 Å². The molecule has 56 valence electrons. The van der Waals surface area contributed by atoms with Crippen molar-refractivity contribution in [2.75, 3.05) is 11.9 Å². The fraction of sp³-hybridized carbons (Fsp3) is 0.250. The predicted octanol–water partition coefficient (Wildman–Crippen LogP) is 1.52. The number of hydrogen-bond acceptors (Lipinski definition) is 3. The molecular weight excluding hydrogens is 138 g/mol. The van der Waals surface area contributed by atoms with Crippen molar-refractivity contribution in [2.24, 2.45) is 4.99 Å². The van der Waals surface area contributed by atoms with Crippen LogP contribution >= 0.6 is 0 Å². The first-order valence-corrected chi connectivity index (χ1v) is 3.59. The van der Waals surface area contributed by atoms with E-state index in [-0.39, 0.29) is 0 Å². The van der Waals surface area contributed by atoms with Crippen LogP contribution in [-0.2, 0) is 0 Å². The van der Waals surface area contributed by atoms with Crippen molar-refractivity contribution in [1.82, 2.24) is 4.98 Å². The number of aromatic nitrogens is 1. The first kappa shape index (κ1) is 6.34. The standard InChI is InChI=1S/C8H9N3/c1-6-4-7-8(11-5-6)10-3-2-9-7/h2,4-5H,3H2,1H3,(H,10,11). The summed E-state index contributed by atoms with van der Waals surface area (Å²) in [5.41, 5.74) is 2.08. The maximum absolute atomic E-state index is 4.20. The maximum Gasteiger partial charge on any atom is 0.152 e. The third-order valence-electron chi connectivity index (χ3n) is 1.60. The van der Waals surface area contributed by atoms with E-state index in [1.165, 1.54) is 0 Å². The van der Waals surface area contributed by atoms with Gasteiger partial charge in [0, 0.05) is 12.4 Å². The normalized spacial score (nSPS) is 13.9. The summed E-state index contributed by atoms with van der Waals surface area (Å²) in [5, 5.41) is 3.13. The number of aliphatic imine (C=N–C) groups is 1. The average molecular weight is 147 g/mol. The Balaban J connectivity index is 2.54. The Hall–Kier alpha value is -1.38. The van der Waals surface area contributed by atoms with E-state index in [2.05, 4.69) is 15.3 Å². The Morgan fingerprint density at radius 2 is 2.45 bits per heavy atom. The number of anilines is 1. The van der Waals surface area contributed by atoms with Gasteiger partial charge in [-0.05, 0) is 18.6 Å². The zero-order valence-corrected chi connectivity index (χ0v) is 6.33. The molecular formula is C8H9N3. The third kappa shape index (κ3) is 1.09. The van der Waals surface area contributed by atoms with E-state index in [4.69, 9.17) is 0 Å². The predicted molar refractivity (Wildman–Crippen MR) is 45.6 cm³/mol. The van der Waals surface area contributed by atoms with Crippen molar-refractivity contribution in [1.29, 1.82) is 0 Å². The Bertz CT molecular complexity index is 304. The molecule has 0 unspecified atom stereocenters. The van der Waals surface area contributed by atoms with Crippen LogP contribution in [0.2, 0.25) is 0 Å². The molecule has 0 amide bonds. The van der Waals surface area contributed by atoms with E-state index in [0.717, 1.165) is 23.6 Å². The largest absolute Gasteiger partial charge is 0.363 e. The van der Waals surface area contributed by atoms with E-state index >= 15 is 0 Å². The maximum atomic E-state index is 4.20. The molecule has 0 radical (unpaired) electrons. The first-order chi connectivity index (χ1) is 5.36. The summed E-state index contributed by atoms with van der Waals surface area (Å²) < 4.78 is 0. The highest BCUT2D eigenvalue weighted by molar-refractivity contribution is 5.78. The molecule has 0 aliphatic carbocycles. The molecule has 1 aliphatic rings. The van der Waals surface area contributed by atoms with Gasteiger partial charge >= 0.3 is 0 Å². The monoisotopic (exact) mass is 147 g/mol. The molecule has 1 N–H and O–H groups in total. The van der Waals surface area contributed by atoms with E-state index in [1.54, 1.807) is 0 Å². The quantitative estimate of drug-likeness (QED) is 0.604. The molecule has 1 aromatic heterocycles. The lowest BCUT2D eigenvalue weighted by molar-refractivity contribution is 1.19. The van der Waals surface area contributed by atoms with Gasteiger partial charge in [0.1, 0.15) is 5.69 Å². The average Bonchev–Trinajstić information content (AvgIpc) is 2.04. The molecule has 1 aliphatic heterocycles. The van der Waals surface area contributed by atoms with Gasteiger partial charge in [0.15, 0.2) is 5.82 Å². The van der Waals surface area contributed by atoms with Crippen molar-refractivity contribution in [3.05, 3.63) is 17.8 Å². The van der Waals surface area contributed by atoms with E-state index in [1.807, 2.05) is 25.4 Å². The highest BCUT2D eigenvalue weighted by Crippen LogP contribution is 2.24. The summed E-state index contributed by atoms with van der Waals surface area (Å²) in [6.07, 6.45) is 3.69. The summed E-state index contributed by atoms with van der Waals surface area (Å²) in [6.45, 7) is 2.79. The molecule has 2 rings (SSSR count). The van der Waals surface area contributed by atoms with Gasteiger partial charge in [-0.3, -0.25) is 4.99 Å².